The van der Waals surface area contributed by atoms with Crippen LogP contribution in [0.15, 0.2) is 23.0 Å². The third-order valence-electron chi connectivity index (χ3n) is 2.66. The molecule has 0 aliphatic heterocycles. The Morgan fingerprint density at radius 1 is 1.35 bits per heavy atom. The minimum atomic E-state index is -0.256. The molecule has 1 heterocycles. The molecule has 92 valence electrons. The summed E-state index contributed by atoms with van der Waals surface area (Å²) in [6.45, 7) is 1.55. The number of rotatable bonds is 6. The Bertz CT molecular complexity index is 437. The highest BCUT2D eigenvalue weighted by molar-refractivity contribution is 5.92. The number of hydrogen-bond donors (Lipinski definition) is 3. The first kappa shape index (κ1) is 11.9. The van der Waals surface area contributed by atoms with E-state index in [9.17, 15) is 9.59 Å². The summed E-state index contributed by atoms with van der Waals surface area (Å²) in [7, 11) is 0. The van der Waals surface area contributed by atoms with Gasteiger partial charge in [-0.05, 0) is 31.9 Å². The molecular formula is C12H17N3O2. The normalized spacial score (nSPS) is 14.6. The number of amides is 1. The number of pyridine rings is 1. The van der Waals surface area contributed by atoms with Crippen molar-refractivity contribution >= 4 is 5.91 Å². The van der Waals surface area contributed by atoms with E-state index >= 15 is 0 Å². The summed E-state index contributed by atoms with van der Waals surface area (Å²) in [5.74, 6) is -0.228. The molecule has 0 unspecified atom stereocenters. The van der Waals surface area contributed by atoms with E-state index in [0.717, 1.165) is 13.0 Å². The molecule has 0 bridgehead atoms. The van der Waals surface area contributed by atoms with Gasteiger partial charge in [0.15, 0.2) is 0 Å². The van der Waals surface area contributed by atoms with Gasteiger partial charge >= 0.3 is 0 Å². The molecule has 0 aromatic carbocycles. The lowest BCUT2D eigenvalue weighted by Gasteiger charge is -2.05. The summed E-state index contributed by atoms with van der Waals surface area (Å²) in [5, 5.41) is 6.14. The van der Waals surface area contributed by atoms with Crippen LogP contribution in [0.5, 0.6) is 0 Å². The number of carbonyl (C=O) groups excluding carboxylic acids is 1. The first-order chi connectivity index (χ1) is 8.25. The maximum atomic E-state index is 11.6. The lowest BCUT2D eigenvalue weighted by atomic mass is 10.3. The van der Waals surface area contributed by atoms with Gasteiger partial charge in [0.2, 0.25) is 5.56 Å². The minimum absolute atomic E-state index is 0.228. The molecular weight excluding hydrogens is 218 g/mol. The zero-order chi connectivity index (χ0) is 12.1. The molecule has 1 aromatic rings. The molecule has 2 rings (SSSR count). The quantitative estimate of drug-likeness (QED) is 0.619. The molecule has 3 N–H and O–H groups in total. The molecule has 1 aliphatic carbocycles. The van der Waals surface area contributed by atoms with Gasteiger partial charge in [-0.1, -0.05) is 6.07 Å². The molecule has 0 radical (unpaired) electrons. The van der Waals surface area contributed by atoms with E-state index in [1.807, 2.05) is 0 Å². The van der Waals surface area contributed by atoms with Crippen LogP contribution in [0.3, 0.4) is 0 Å². The van der Waals surface area contributed by atoms with Crippen molar-refractivity contribution < 1.29 is 4.79 Å². The first-order valence-corrected chi connectivity index (χ1v) is 5.96. The number of nitrogens with one attached hydrogen (secondary N) is 3. The molecule has 1 aromatic heterocycles. The van der Waals surface area contributed by atoms with E-state index < -0.39 is 0 Å². The fourth-order valence-electron chi connectivity index (χ4n) is 1.56. The lowest BCUT2D eigenvalue weighted by Crippen LogP contribution is -2.29. The largest absolute Gasteiger partial charge is 0.351 e. The number of hydrogen-bond acceptors (Lipinski definition) is 3. The van der Waals surface area contributed by atoms with Gasteiger partial charge in [-0.15, -0.1) is 0 Å². The van der Waals surface area contributed by atoms with Gasteiger partial charge in [-0.3, -0.25) is 9.59 Å². The minimum Gasteiger partial charge on any atom is -0.351 e. The van der Waals surface area contributed by atoms with Crippen molar-refractivity contribution in [3.05, 3.63) is 34.2 Å². The van der Waals surface area contributed by atoms with Gasteiger partial charge in [0.25, 0.3) is 5.91 Å². The number of aromatic amines is 1. The first-order valence-electron chi connectivity index (χ1n) is 5.96. The summed E-state index contributed by atoms with van der Waals surface area (Å²) in [6, 6.07) is 5.26. The van der Waals surface area contributed by atoms with E-state index in [1.54, 1.807) is 12.1 Å². The van der Waals surface area contributed by atoms with Gasteiger partial charge in [0, 0.05) is 18.7 Å². The fourth-order valence-corrected chi connectivity index (χ4v) is 1.56. The summed E-state index contributed by atoms with van der Waals surface area (Å²) >= 11 is 0. The molecule has 0 spiro atoms. The van der Waals surface area contributed by atoms with Crippen molar-refractivity contribution in [2.24, 2.45) is 0 Å². The van der Waals surface area contributed by atoms with E-state index in [4.69, 9.17) is 0 Å². The van der Waals surface area contributed by atoms with Gasteiger partial charge in [0.1, 0.15) is 5.69 Å². The Kier molecular flexibility index (Phi) is 3.93. The van der Waals surface area contributed by atoms with Gasteiger partial charge < -0.3 is 15.6 Å². The number of aromatic nitrogens is 1. The summed E-state index contributed by atoms with van der Waals surface area (Å²) in [4.78, 5) is 25.1. The Labute approximate surface area is 99.6 Å². The van der Waals surface area contributed by atoms with Crippen LogP contribution in [0.2, 0.25) is 0 Å². The highest BCUT2D eigenvalue weighted by atomic mass is 16.2. The second-order valence-corrected chi connectivity index (χ2v) is 4.27. The molecule has 17 heavy (non-hydrogen) atoms. The van der Waals surface area contributed by atoms with Crippen molar-refractivity contribution in [3.63, 3.8) is 0 Å². The molecule has 0 saturated heterocycles. The van der Waals surface area contributed by atoms with Crippen LogP contribution in [-0.2, 0) is 0 Å². The van der Waals surface area contributed by atoms with Crippen LogP contribution in [0, 0.1) is 0 Å². The van der Waals surface area contributed by atoms with E-state index in [1.165, 1.54) is 18.9 Å². The topological polar surface area (TPSA) is 74.0 Å². The van der Waals surface area contributed by atoms with Gasteiger partial charge in [0.05, 0.1) is 0 Å². The zero-order valence-corrected chi connectivity index (χ0v) is 9.66. The molecule has 1 aliphatic rings. The van der Waals surface area contributed by atoms with Crippen LogP contribution in [0.4, 0.5) is 0 Å². The predicted molar refractivity (Wildman–Crippen MR) is 65.0 cm³/mol. The standard InChI is InChI=1S/C12H17N3O2/c16-11-4-1-3-10(15-11)12(17)14-8-2-7-13-9-5-6-9/h1,3-4,9,13H,2,5-8H2,(H,14,17)(H,15,16). The molecule has 1 fully saturated rings. The Balaban J connectivity index is 1.67. The Morgan fingerprint density at radius 2 is 2.18 bits per heavy atom. The van der Waals surface area contributed by atoms with Crippen molar-refractivity contribution in [2.75, 3.05) is 13.1 Å². The monoisotopic (exact) mass is 235 g/mol. The van der Waals surface area contributed by atoms with E-state index in [-0.39, 0.29) is 11.5 Å². The Hall–Kier alpha value is -1.62. The lowest BCUT2D eigenvalue weighted by molar-refractivity contribution is 0.0948. The van der Waals surface area contributed by atoms with E-state index in [0.29, 0.717) is 18.3 Å². The maximum Gasteiger partial charge on any atom is 0.267 e. The smallest absolute Gasteiger partial charge is 0.267 e. The summed E-state index contributed by atoms with van der Waals surface area (Å²) < 4.78 is 0. The average Bonchev–Trinajstić information content (AvgIpc) is 3.12. The molecule has 0 atom stereocenters. The highest BCUT2D eigenvalue weighted by Gasteiger charge is 2.19. The van der Waals surface area contributed by atoms with Crippen LogP contribution in [0.25, 0.3) is 0 Å². The van der Waals surface area contributed by atoms with Crippen molar-refractivity contribution in [1.82, 2.24) is 15.6 Å². The summed E-state index contributed by atoms with van der Waals surface area (Å²) in [6.07, 6.45) is 3.45. The second kappa shape index (κ2) is 5.63. The van der Waals surface area contributed by atoms with Gasteiger partial charge in [-0.2, -0.15) is 0 Å². The van der Waals surface area contributed by atoms with Gasteiger partial charge in [-0.25, -0.2) is 0 Å². The summed E-state index contributed by atoms with van der Waals surface area (Å²) in [5.41, 5.74) is 0.0562. The van der Waals surface area contributed by atoms with Crippen molar-refractivity contribution in [3.8, 4) is 0 Å². The van der Waals surface area contributed by atoms with Crippen LogP contribution in [0.1, 0.15) is 29.8 Å². The molecule has 5 nitrogen and oxygen atoms in total. The Morgan fingerprint density at radius 3 is 2.88 bits per heavy atom. The third kappa shape index (κ3) is 4.03. The molecule has 5 heteroatoms. The third-order valence-corrected chi connectivity index (χ3v) is 2.66. The predicted octanol–water partition coefficient (Wildman–Crippen LogP) is 0.247. The van der Waals surface area contributed by atoms with Crippen molar-refractivity contribution in [2.45, 2.75) is 25.3 Å². The molecule has 1 saturated carbocycles. The SMILES string of the molecule is O=C(NCCCNC1CC1)c1cccc(=O)[nH]1. The second-order valence-electron chi connectivity index (χ2n) is 4.27. The molecule has 1 amide bonds. The van der Waals surface area contributed by atoms with Crippen LogP contribution in [-0.4, -0.2) is 30.0 Å². The van der Waals surface area contributed by atoms with Crippen LogP contribution < -0.4 is 16.2 Å². The van der Waals surface area contributed by atoms with Crippen molar-refractivity contribution in [1.29, 1.82) is 0 Å². The van der Waals surface area contributed by atoms with Crippen LogP contribution >= 0.6 is 0 Å². The number of H-pyrrole nitrogens is 1. The number of carbonyl (C=O) groups is 1. The maximum absolute atomic E-state index is 11.6. The zero-order valence-electron chi connectivity index (χ0n) is 9.66. The fraction of sp³-hybridized carbons (Fsp3) is 0.500. The average molecular weight is 235 g/mol. The van der Waals surface area contributed by atoms with E-state index in [2.05, 4.69) is 15.6 Å². The highest BCUT2D eigenvalue weighted by Crippen LogP contribution is 2.18.